The molecule has 0 aliphatic rings. The van der Waals surface area contributed by atoms with Crippen molar-refractivity contribution in [2.75, 3.05) is 24.7 Å². The normalized spacial score (nSPS) is 11.7. The van der Waals surface area contributed by atoms with Gasteiger partial charge in [-0.25, -0.2) is 27.0 Å². The fourth-order valence-corrected chi connectivity index (χ4v) is 5.40. The molecule has 0 unspecified atom stereocenters. The molecule has 9 nitrogen and oxygen atoms in total. The standard InChI is InChI=1S/C31H22F2N2O7S/c1-35(43(3,38)39)23-15-26-20(27(31(36)37)29(41-26)16-7-10-18(32)11-8-16)14-19(23)17-9-12-24(40-2)21(13-17)30-34-28-22(33)5-4-6-25(28)42-30/h4-15H,1-3H3,(H,36,37). The lowest BCUT2D eigenvalue weighted by Gasteiger charge is -2.21. The van der Waals surface area contributed by atoms with Crippen LogP contribution in [-0.2, 0) is 10.0 Å². The quantitative estimate of drug-likeness (QED) is 0.208. The van der Waals surface area contributed by atoms with E-state index in [2.05, 4.69) is 4.98 Å². The predicted octanol–water partition coefficient (Wildman–Crippen LogP) is 6.96. The van der Waals surface area contributed by atoms with Gasteiger partial charge in [0.15, 0.2) is 11.4 Å². The molecule has 0 saturated heterocycles. The van der Waals surface area contributed by atoms with Gasteiger partial charge in [0.1, 0.15) is 34.0 Å². The molecule has 0 spiro atoms. The number of hydrogen-bond donors (Lipinski definition) is 1. The van der Waals surface area contributed by atoms with Gasteiger partial charge in [-0.3, -0.25) is 4.31 Å². The Balaban J connectivity index is 1.63. The molecule has 218 valence electrons. The number of halogens is 2. The molecule has 0 saturated carbocycles. The van der Waals surface area contributed by atoms with Gasteiger partial charge in [0.2, 0.25) is 15.9 Å². The second-order valence-corrected chi connectivity index (χ2v) is 11.7. The summed E-state index contributed by atoms with van der Waals surface area (Å²) in [4.78, 5) is 16.8. The zero-order valence-corrected chi connectivity index (χ0v) is 23.7. The van der Waals surface area contributed by atoms with Crippen molar-refractivity contribution >= 4 is 43.7 Å². The number of hydrogen-bond acceptors (Lipinski definition) is 7. The van der Waals surface area contributed by atoms with E-state index in [1.54, 1.807) is 24.3 Å². The predicted molar refractivity (Wildman–Crippen MR) is 157 cm³/mol. The Kier molecular flexibility index (Phi) is 6.65. The van der Waals surface area contributed by atoms with Crippen LogP contribution in [0.15, 0.2) is 81.6 Å². The highest BCUT2D eigenvalue weighted by Crippen LogP contribution is 2.43. The topological polar surface area (TPSA) is 123 Å². The largest absolute Gasteiger partial charge is 0.496 e. The third kappa shape index (κ3) is 4.85. The summed E-state index contributed by atoms with van der Waals surface area (Å²) in [5, 5.41) is 10.4. The van der Waals surface area contributed by atoms with E-state index in [4.69, 9.17) is 13.6 Å². The van der Waals surface area contributed by atoms with Crippen molar-refractivity contribution in [3.8, 4) is 39.7 Å². The number of aromatic nitrogens is 1. The number of para-hydroxylation sites is 1. The maximum atomic E-state index is 14.4. The highest BCUT2D eigenvalue weighted by atomic mass is 32.2. The van der Waals surface area contributed by atoms with E-state index < -0.39 is 27.6 Å². The van der Waals surface area contributed by atoms with Gasteiger partial charge in [-0.15, -0.1) is 0 Å². The van der Waals surface area contributed by atoms with Crippen molar-refractivity contribution < 1.29 is 40.7 Å². The number of sulfonamides is 1. The number of benzene rings is 4. The molecule has 0 aliphatic carbocycles. The summed E-state index contributed by atoms with van der Waals surface area (Å²) >= 11 is 0. The van der Waals surface area contributed by atoms with Crippen LogP contribution in [0.1, 0.15) is 10.4 Å². The average Bonchev–Trinajstić information content (AvgIpc) is 3.58. The molecule has 0 radical (unpaired) electrons. The number of ether oxygens (including phenoxy) is 1. The smallest absolute Gasteiger partial charge is 0.340 e. The second-order valence-electron chi connectivity index (χ2n) is 9.73. The van der Waals surface area contributed by atoms with Gasteiger partial charge in [0, 0.05) is 29.6 Å². The Morgan fingerprint density at radius 3 is 2.30 bits per heavy atom. The van der Waals surface area contributed by atoms with Crippen molar-refractivity contribution in [3.63, 3.8) is 0 Å². The minimum atomic E-state index is -3.79. The number of carbonyl (C=O) groups is 1. The van der Waals surface area contributed by atoms with E-state index in [0.29, 0.717) is 28.0 Å². The zero-order chi connectivity index (χ0) is 30.6. The number of carboxylic acid groups (broad SMARTS) is 1. The number of aromatic carboxylic acids is 1. The van der Waals surface area contributed by atoms with E-state index in [0.717, 1.165) is 10.6 Å². The molecule has 0 aliphatic heterocycles. The van der Waals surface area contributed by atoms with Crippen molar-refractivity contribution in [2.24, 2.45) is 0 Å². The SMILES string of the molecule is COc1ccc(-c2cc3c(C(=O)O)c(-c4ccc(F)cc4)oc3cc2N(C)S(C)(=O)=O)cc1-c1nc2c(F)cccc2o1. The summed E-state index contributed by atoms with van der Waals surface area (Å²) in [6, 6.07) is 17.3. The number of carboxylic acids is 1. The van der Waals surface area contributed by atoms with Gasteiger partial charge >= 0.3 is 5.97 Å². The maximum absolute atomic E-state index is 14.4. The molecular formula is C31H22F2N2O7S. The van der Waals surface area contributed by atoms with E-state index in [9.17, 15) is 27.1 Å². The highest BCUT2D eigenvalue weighted by Gasteiger charge is 2.27. The molecule has 2 aromatic heterocycles. The Labute approximate surface area is 243 Å². The van der Waals surface area contributed by atoms with Gasteiger partial charge in [-0.05, 0) is 60.2 Å². The van der Waals surface area contributed by atoms with Gasteiger partial charge in [0.05, 0.1) is 24.6 Å². The average molecular weight is 605 g/mol. The van der Waals surface area contributed by atoms with E-state index in [1.807, 2.05) is 0 Å². The van der Waals surface area contributed by atoms with E-state index >= 15 is 0 Å². The first-order valence-corrected chi connectivity index (χ1v) is 14.6. The van der Waals surface area contributed by atoms with Crippen LogP contribution in [0.3, 0.4) is 0 Å². The Morgan fingerprint density at radius 1 is 0.930 bits per heavy atom. The summed E-state index contributed by atoms with van der Waals surface area (Å²) in [5.74, 6) is -1.97. The molecule has 6 rings (SSSR count). The van der Waals surface area contributed by atoms with Gasteiger partial charge < -0.3 is 18.7 Å². The van der Waals surface area contributed by atoms with Crippen molar-refractivity contribution in [1.29, 1.82) is 0 Å². The number of nitrogens with zero attached hydrogens (tertiary/aromatic N) is 2. The third-order valence-electron chi connectivity index (χ3n) is 7.07. The molecular weight excluding hydrogens is 582 g/mol. The van der Waals surface area contributed by atoms with Gasteiger partial charge in [-0.2, -0.15) is 0 Å². The number of furan rings is 1. The van der Waals surface area contributed by atoms with Crippen LogP contribution in [0.5, 0.6) is 5.75 Å². The van der Waals surface area contributed by atoms with Crippen LogP contribution in [0.4, 0.5) is 14.5 Å². The monoisotopic (exact) mass is 604 g/mol. The molecule has 12 heteroatoms. The van der Waals surface area contributed by atoms with Gasteiger partial charge in [-0.1, -0.05) is 12.1 Å². The summed E-state index contributed by atoms with van der Waals surface area (Å²) < 4.78 is 71.7. The number of fused-ring (bicyclic) bond motifs is 2. The summed E-state index contributed by atoms with van der Waals surface area (Å²) in [6.07, 6.45) is 1.03. The molecule has 0 bridgehead atoms. The highest BCUT2D eigenvalue weighted by molar-refractivity contribution is 7.92. The lowest BCUT2D eigenvalue weighted by atomic mass is 9.97. The Morgan fingerprint density at radius 2 is 1.65 bits per heavy atom. The number of methoxy groups -OCH3 is 1. The summed E-state index contributed by atoms with van der Waals surface area (Å²) in [7, 11) is -0.993. The Bertz CT molecular complexity index is 2170. The Hall–Kier alpha value is -5.23. The molecule has 4 aromatic carbocycles. The molecule has 0 amide bonds. The van der Waals surface area contributed by atoms with Crippen LogP contribution >= 0.6 is 0 Å². The van der Waals surface area contributed by atoms with E-state index in [-0.39, 0.29) is 45.0 Å². The maximum Gasteiger partial charge on any atom is 0.340 e. The molecule has 0 atom stereocenters. The van der Waals surface area contributed by atoms with Crippen molar-refractivity contribution in [2.45, 2.75) is 0 Å². The summed E-state index contributed by atoms with van der Waals surface area (Å²) in [5.41, 5.74) is 1.82. The number of anilines is 1. The first-order chi connectivity index (χ1) is 20.5. The van der Waals surface area contributed by atoms with Crippen LogP contribution < -0.4 is 9.04 Å². The fraction of sp³-hybridized carbons (Fsp3) is 0.0968. The molecule has 43 heavy (non-hydrogen) atoms. The third-order valence-corrected chi connectivity index (χ3v) is 8.27. The number of oxazole rings is 1. The van der Waals surface area contributed by atoms with Crippen LogP contribution in [0, 0.1) is 11.6 Å². The first-order valence-electron chi connectivity index (χ1n) is 12.7. The van der Waals surface area contributed by atoms with Crippen molar-refractivity contribution in [1.82, 2.24) is 4.98 Å². The van der Waals surface area contributed by atoms with E-state index in [1.165, 1.54) is 62.7 Å². The number of rotatable bonds is 7. The van der Waals surface area contributed by atoms with Crippen LogP contribution in [-0.4, -0.2) is 44.9 Å². The fourth-order valence-electron chi connectivity index (χ4n) is 4.89. The summed E-state index contributed by atoms with van der Waals surface area (Å²) in [6.45, 7) is 0. The lowest BCUT2D eigenvalue weighted by Crippen LogP contribution is -2.25. The zero-order valence-electron chi connectivity index (χ0n) is 22.9. The molecule has 6 aromatic rings. The first kappa shape index (κ1) is 27.9. The second kappa shape index (κ2) is 10.2. The minimum Gasteiger partial charge on any atom is -0.496 e. The minimum absolute atomic E-state index is 0.0171. The van der Waals surface area contributed by atoms with Gasteiger partial charge in [0.25, 0.3) is 0 Å². The van der Waals surface area contributed by atoms with Crippen LogP contribution in [0.25, 0.3) is 56.0 Å². The molecule has 0 fully saturated rings. The lowest BCUT2D eigenvalue weighted by molar-refractivity contribution is 0.0699. The van der Waals surface area contributed by atoms with Crippen LogP contribution in [0.2, 0.25) is 0 Å². The molecule has 2 heterocycles. The van der Waals surface area contributed by atoms with Crippen molar-refractivity contribution in [3.05, 3.63) is 90.0 Å². The molecule has 1 N–H and O–H groups in total.